The molecule has 0 N–H and O–H groups in total. The largest absolute Gasteiger partial charge is 0.141 e. The Hall–Kier alpha value is -1.80. The molecule has 0 saturated carbocycles. The maximum absolute atomic E-state index is 2.58. The van der Waals surface area contributed by atoms with Gasteiger partial charge in [0.2, 0.25) is 0 Å². The third-order valence-corrected chi connectivity index (χ3v) is 18.3. The summed E-state index contributed by atoms with van der Waals surface area (Å²) in [4.78, 5) is 17.2. The highest BCUT2D eigenvalue weighted by Crippen LogP contribution is 2.53. The Kier molecular flexibility index (Phi) is 13.1. The molecular formula is C45H56S6. The molecule has 0 aliphatic heterocycles. The Balaban J connectivity index is 1.38. The lowest BCUT2D eigenvalue weighted by molar-refractivity contribution is 0.381. The monoisotopic (exact) mass is 788 g/mol. The minimum absolute atomic E-state index is 0.235. The third kappa shape index (κ3) is 8.63. The molecule has 0 nitrogen and oxygen atoms in total. The average Bonchev–Trinajstić information content (AvgIpc) is 3.95. The Labute approximate surface area is 332 Å². The molecule has 6 rings (SSSR count). The van der Waals surface area contributed by atoms with Crippen molar-refractivity contribution in [2.75, 3.05) is 0 Å². The number of hydrogen-bond donors (Lipinski definition) is 0. The topological polar surface area (TPSA) is 0 Å². The Morgan fingerprint density at radius 2 is 0.784 bits per heavy atom. The number of thiophene rings is 6. The van der Waals surface area contributed by atoms with Gasteiger partial charge in [-0.3, -0.25) is 0 Å². The van der Waals surface area contributed by atoms with Gasteiger partial charge in [-0.2, -0.15) is 0 Å². The molecule has 6 aromatic rings. The Bertz CT molecular complexity index is 1990. The first-order valence-electron chi connectivity index (χ1n) is 19.2. The van der Waals surface area contributed by atoms with E-state index in [-0.39, 0.29) is 10.8 Å². The molecule has 1 atom stereocenters. The molecule has 1 unspecified atom stereocenters. The van der Waals surface area contributed by atoms with Gasteiger partial charge in [0.25, 0.3) is 0 Å². The van der Waals surface area contributed by atoms with Crippen LogP contribution in [0.5, 0.6) is 0 Å². The molecule has 6 heteroatoms. The van der Waals surface area contributed by atoms with Gasteiger partial charge in [0, 0.05) is 70.7 Å². The van der Waals surface area contributed by atoms with Crippen LogP contribution in [0.4, 0.5) is 0 Å². The maximum atomic E-state index is 2.58. The zero-order chi connectivity index (χ0) is 36.2. The average molecular weight is 789 g/mol. The molecule has 0 spiro atoms. The fourth-order valence-electron chi connectivity index (χ4n) is 7.45. The highest BCUT2D eigenvalue weighted by Gasteiger charge is 2.31. The van der Waals surface area contributed by atoms with E-state index in [4.69, 9.17) is 0 Å². The standard InChI is InChI=1S/C45H56S6/c1-9-13-25-44(7,24-12-4)40-28-32(34-18-16-30(5)46-34)42(50-40)38-22-20-36(48-38)37-21-23-39(49-37)43-33(35-19-17-31(6)47-35)29-41(51-43)45(8,26-14-10-2)27-15-11-3/h16-23,28-29H,9-15,24-27H2,1-8H3. The maximum Gasteiger partial charge on any atom is 0.0532 e. The molecule has 6 aromatic heterocycles. The first-order chi connectivity index (χ1) is 24.6. The fourth-order valence-corrected chi connectivity index (χ4v) is 14.5. The van der Waals surface area contributed by atoms with Gasteiger partial charge in [0.05, 0.1) is 9.75 Å². The van der Waals surface area contributed by atoms with Gasteiger partial charge in [-0.1, -0.05) is 86.5 Å². The molecule has 0 aromatic carbocycles. The van der Waals surface area contributed by atoms with E-state index in [2.05, 4.69) is 139 Å². The van der Waals surface area contributed by atoms with E-state index >= 15 is 0 Å². The van der Waals surface area contributed by atoms with Crippen molar-refractivity contribution in [3.8, 4) is 50.1 Å². The quantitative estimate of drug-likeness (QED) is 0.0814. The molecule has 0 bridgehead atoms. The van der Waals surface area contributed by atoms with Gasteiger partial charge < -0.3 is 0 Å². The predicted molar refractivity (Wildman–Crippen MR) is 239 cm³/mol. The summed E-state index contributed by atoms with van der Waals surface area (Å²) >= 11 is 12.0. The molecule has 0 aliphatic rings. The lowest BCUT2D eigenvalue weighted by Crippen LogP contribution is -2.20. The van der Waals surface area contributed by atoms with E-state index in [0.717, 1.165) is 0 Å². The van der Waals surface area contributed by atoms with Crippen molar-refractivity contribution in [1.29, 1.82) is 0 Å². The van der Waals surface area contributed by atoms with Crippen LogP contribution in [-0.4, -0.2) is 0 Å². The van der Waals surface area contributed by atoms with Crippen LogP contribution in [0.15, 0.2) is 60.7 Å². The van der Waals surface area contributed by atoms with E-state index in [1.54, 1.807) is 9.75 Å². The molecule has 6 heterocycles. The second-order valence-corrected chi connectivity index (χ2v) is 21.9. The molecular weight excluding hydrogens is 733 g/mol. The Morgan fingerprint density at radius 1 is 0.412 bits per heavy atom. The smallest absolute Gasteiger partial charge is 0.0532 e. The van der Waals surface area contributed by atoms with E-state index in [0.29, 0.717) is 0 Å². The summed E-state index contributed by atoms with van der Waals surface area (Å²) in [6.45, 7) is 18.9. The third-order valence-electron chi connectivity index (χ3n) is 10.6. The summed E-state index contributed by atoms with van der Waals surface area (Å²) in [5.41, 5.74) is 3.34. The van der Waals surface area contributed by atoms with E-state index in [9.17, 15) is 0 Å². The van der Waals surface area contributed by atoms with Gasteiger partial charge in [0.15, 0.2) is 0 Å². The lowest BCUT2D eigenvalue weighted by atomic mass is 9.78. The van der Waals surface area contributed by atoms with Gasteiger partial charge in [0.1, 0.15) is 0 Å². The van der Waals surface area contributed by atoms with Crippen LogP contribution in [0.1, 0.15) is 132 Å². The summed E-state index contributed by atoms with van der Waals surface area (Å²) < 4.78 is 0. The SMILES string of the molecule is CCCCC(C)(CCC)c1cc(-c2ccc(C)s2)c(-c2ccc(-c3ccc(-c4sc(C(C)(CCCC)CCCC)cc4-c4ccc(C)s4)s3)s2)s1. The van der Waals surface area contributed by atoms with Crippen molar-refractivity contribution >= 4 is 68.0 Å². The zero-order valence-corrected chi connectivity index (χ0v) is 36.9. The number of aryl methyl sites for hydroxylation is 2. The molecule has 0 aliphatic carbocycles. The van der Waals surface area contributed by atoms with Crippen molar-refractivity contribution < 1.29 is 0 Å². The summed E-state index contributed by atoms with van der Waals surface area (Å²) in [7, 11) is 0. The van der Waals surface area contributed by atoms with Crippen LogP contribution in [-0.2, 0) is 10.8 Å². The second kappa shape index (κ2) is 17.1. The normalized spacial score (nSPS) is 13.3. The van der Waals surface area contributed by atoms with Crippen LogP contribution in [0.2, 0.25) is 0 Å². The van der Waals surface area contributed by atoms with Gasteiger partial charge in [-0.25, -0.2) is 0 Å². The second-order valence-electron chi connectivity index (χ2n) is 15.0. The van der Waals surface area contributed by atoms with Crippen LogP contribution in [0.3, 0.4) is 0 Å². The van der Waals surface area contributed by atoms with Crippen molar-refractivity contribution in [2.24, 2.45) is 0 Å². The highest BCUT2D eigenvalue weighted by molar-refractivity contribution is 7.29. The first kappa shape index (κ1) is 38.9. The van der Waals surface area contributed by atoms with Crippen LogP contribution < -0.4 is 0 Å². The molecule has 0 fully saturated rings. The molecule has 0 saturated heterocycles. The molecule has 0 amide bonds. The van der Waals surface area contributed by atoms with E-state index < -0.39 is 0 Å². The number of unbranched alkanes of at least 4 members (excludes halogenated alkanes) is 3. The summed E-state index contributed by atoms with van der Waals surface area (Å²) in [6.07, 6.45) is 13.9. The zero-order valence-electron chi connectivity index (χ0n) is 32.0. The number of rotatable bonds is 18. The van der Waals surface area contributed by atoms with Crippen LogP contribution >= 0.6 is 68.0 Å². The molecule has 51 heavy (non-hydrogen) atoms. The predicted octanol–water partition coefficient (Wildman–Crippen LogP) is 17.9. The minimum atomic E-state index is 0.235. The summed E-state index contributed by atoms with van der Waals surface area (Å²) in [5.74, 6) is 0. The van der Waals surface area contributed by atoms with Gasteiger partial charge in [-0.05, 0) is 100 Å². The summed E-state index contributed by atoms with van der Waals surface area (Å²) in [6, 6.07) is 24.0. The van der Waals surface area contributed by atoms with Crippen molar-refractivity contribution in [1.82, 2.24) is 0 Å². The highest BCUT2D eigenvalue weighted by atomic mass is 32.1. The van der Waals surface area contributed by atoms with Crippen LogP contribution in [0.25, 0.3) is 50.1 Å². The van der Waals surface area contributed by atoms with Crippen molar-refractivity contribution in [2.45, 2.75) is 137 Å². The Morgan fingerprint density at radius 3 is 1.14 bits per heavy atom. The van der Waals surface area contributed by atoms with Crippen molar-refractivity contribution in [3.05, 3.63) is 80.2 Å². The van der Waals surface area contributed by atoms with Gasteiger partial charge in [-0.15, -0.1) is 68.0 Å². The minimum Gasteiger partial charge on any atom is -0.141 e. The summed E-state index contributed by atoms with van der Waals surface area (Å²) in [5, 5.41) is 0. The fraction of sp³-hybridized carbons (Fsp3) is 0.467. The number of hydrogen-bond acceptors (Lipinski definition) is 6. The van der Waals surface area contributed by atoms with E-state index in [1.165, 1.54) is 131 Å². The van der Waals surface area contributed by atoms with E-state index in [1.807, 2.05) is 45.3 Å². The first-order valence-corrected chi connectivity index (χ1v) is 24.1. The van der Waals surface area contributed by atoms with Crippen LogP contribution in [0, 0.1) is 13.8 Å². The molecule has 272 valence electrons. The molecule has 0 radical (unpaired) electrons. The van der Waals surface area contributed by atoms with Gasteiger partial charge >= 0.3 is 0 Å². The van der Waals surface area contributed by atoms with Crippen molar-refractivity contribution in [3.63, 3.8) is 0 Å². The lowest BCUT2D eigenvalue weighted by Gasteiger charge is -2.28.